The molecule has 3 rings (SSSR count). The fraction of sp³-hybridized carbons (Fsp3) is 0.630. The Kier molecular flexibility index (Phi) is 9.94. The van der Waals surface area contributed by atoms with E-state index in [1.807, 2.05) is 70.5 Å². The quantitative estimate of drug-likeness (QED) is 0.383. The number of nitrogens with zero attached hydrogens (tertiary/aromatic N) is 2. The Morgan fingerprint density at radius 2 is 1.76 bits per heavy atom. The monoisotopic (exact) mass is 520 g/mol. The molecule has 1 fully saturated rings. The number of carbonyl (C=O) groups excluding carboxylic acids is 1. The van der Waals surface area contributed by atoms with Crippen molar-refractivity contribution in [1.82, 2.24) is 9.78 Å². The van der Waals surface area contributed by atoms with Crippen molar-refractivity contribution >= 4 is 5.97 Å². The number of aliphatic hydroxyl groups is 3. The molecule has 3 N–H and O–H groups in total. The normalized spacial score (nSPS) is 23.9. The van der Waals surface area contributed by atoms with Gasteiger partial charge in [0, 0.05) is 30.1 Å². The van der Waals surface area contributed by atoms with Crippen LogP contribution in [-0.4, -0.2) is 74.5 Å². The third-order valence-electron chi connectivity index (χ3n) is 6.16. The molecular weight excluding hydrogens is 480 g/mol. The SMILES string of the molecule is CCCC(=O)OC[C@H]1O[C@@H](Oc2nn(C(C)C)c(C)c2Cc2ccc(OC(C)C)cc2)[C@H](O)[C@@H](O)[C@@H]1O. The van der Waals surface area contributed by atoms with E-state index in [2.05, 4.69) is 5.10 Å². The summed E-state index contributed by atoms with van der Waals surface area (Å²) in [4.78, 5) is 11.8. The first-order chi connectivity index (χ1) is 17.5. The zero-order valence-electron chi connectivity index (χ0n) is 22.5. The summed E-state index contributed by atoms with van der Waals surface area (Å²) < 4.78 is 24.5. The van der Waals surface area contributed by atoms with Crippen molar-refractivity contribution < 1.29 is 39.1 Å². The second kappa shape index (κ2) is 12.7. The molecule has 0 bridgehead atoms. The lowest BCUT2D eigenvalue weighted by Crippen LogP contribution is -2.60. The second-order valence-corrected chi connectivity index (χ2v) is 9.96. The molecule has 1 aliphatic heterocycles. The third kappa shape index (κ3) is 7.22. The highest BCUT2D eigenvalue weighted by molar-refractivity contribution is 5.69. The minimum Gasteiger partial charge on any atom is -0.491 e. The largest absolute Gasteiger partial charge is 0.491 e. The lowest BCUT2D eigenvalue weighted by molar-refractivity contribution is -0.279. The van der Waals surface area contributed by atoms with Gasteiger partial charge in [-0.1, -0.05) is 19.1 Å². The predicted molar refractivity (Wildman–Crippen MR) is 136 cm³/mol. The van der Waals surface area contributed by atoms with Gasteiger partial charge in [0.25, 0.3) is 0 Å². The van der Waals surface area contributed by atoms with Gasteiger partial charge in [0.15, 0.2) is 0 Å². The average Bonchev–Trinajstić information content (AvgIpc) is 3.14. The Hall–Kier alpha value is -2.66. The van der Waals surface area contributed by atoms with Crippen LogP contribution in [0.25, 0.3) is 0 Å². The van der Waals surface area contributed by atoms with E-state index in [9.17, 15) is 20.1 Å². The first-order valence-corrected chi connectivity index (χ1v) is 12.9. The summed E-state index contributed by atoms with van der Waals surface area (Å²) in [5, 5.41) is 36.0. The van der Waals surface area contributed by atoms with E-state index < -0.39 is 36.7 Å². The highest BCUT2D eigenvalue weighted by atomic mass is 16.7. The van der Waals surface area contributed by atoms with Crippen LogP contribution in [0.4, 0.5) is 0 Å². The maximum atomic E-state index is 11.8. The number of benzene rings is 1. The summed E-state index contributed by atoms with van der Waals surface area (Å²) in [6, 6.07) is 7.82. The first-order valence-electron chi connectivity index (χ1n) is 12.9. The number of aliphatic hydroxyl groups excluding tert-OH is 3. The lowest BCUT2D eigenvalue weighted by Gasteiger charge is -2.39. The van der Waals surface area contributed by atoms with Crippen molar-refractivity contribution in [2.75, 3.05) is 6.61 Å². The fourth-order valence-corrected chi connectivity index (χ4v) is 4.20. The number of rotatable bonds is 11. The number of ether oxygens (including phenoxy) is 4. The molecule has 0 unspecified atom stereocenters. The molecule has 0 saturated carbocycles. The molecule has 37 heavy (non-hydrogen) atoms. The fourth-order valence-electron chi connectivity index (χ4n) is 4.20. The van der Waals surface area contributed by atoms with E-state index in [1.165, 1.54) is 0 Å². The molecule has 0 aliphatic carbocycles. The maximum absolute atomic E-state index is 11.8. The molecule has 206 valence electrons. The van der Waals surface area contributed by atoms with Crippen LogP contribution in [-0.2, 0) is 20.7 Å². The van der Waals surface area contributed by atoms with Crippen molar-refractivity contribution in [3.8, 4) is 11.6 Å². The van der Waals surface area contributed by atoms with Crippen LogP contribution >= 0.6 is 0 Å². The van der Waals surface area contributed by atoms with Crippen LogP contribution in [0.15, 0.2) is 24.3 Å². The van der Waals surface area contributed by atoms with Crippen molar-refractivity contribution in [1.29, 1.82) is 0 Å². The Morgan fingerprint density at radius 1 is 1.08 bits per heavy atom. The van der Waals surface area contributed by atoms with Crippen LogP contribution in [0.3, 0.4) is 0 Å². The van der Waals surface area contributed by atoms with Gasteiger partial charge in [0.1, 0.15) is 36.8 Å². The van der Waals surface area contributed by atoms with Gasteiger partial charge in [-0.05, 0) is 58.7 Å². The van der Waals surface area contributed by atoms with Crippen molar-refractivity contribution in [3.63, 3.8) is 0 Å². The smallest absolute Gasteiger partial charge is 0.305 e. The molecule has 1 saturated heterocycles. The van der Waals surface area contributed by atoms with Gasteiger partial charge >= 0.3 is 5.97 Å². The van der Waals surface area contributed by atoms with E-state index in [0.717, 1.165) is 22.6 Å². The van der Waals surface area contributed by atoms with E-state index in [4.69, 9.17) is 18.9 Å². The molecule has 10 nitrogen and oxygen atoms in total. The van der Waals surface area contributed by atoms with Gasteiger partial charge in [-0.2, -0.15) is 0 Å². The molecule has 0 amide bonds. The van der Waals surface area contributed by atoms with Crippen LogP contribution < -0.4 is 9.47 Å². The zero-order chi connectivity index (χ0) is 27.3. The molecule has 0 radical (unpaired) electrons. The highest BCUT2D eigenvalue weighted by Gasteiger charge is 2.46. The van der Waals surface area contributed by atoms with Crippen LogP contribution in [0, 0.1) is 6.92 Å². The number of esters is 1. The van der Waals surface area contributed by atoms with Crippen LogP contribution in [0.1, 0.15) is 70.3 Å². The minimum atomic E-state index is -1.56. The Labute approximate surface area is 218 Å². The molecule has 0 spiro atoms. The van der Waals surface area contributed by atoms with Crippen molar-refractivity contribution in [3.05, 3.63) is 41.1 Å². The highest BCUT2D eigenvalue weighted by Crippen LogP contribution is 2.31. The van der Waals surface area contributed by atoms with Gasteiger partial charge in [0.05, 0.1) is 6.10 Å². The Morgan fingerprint density at radius 3 is 2.35 bits per heavy atom. The number of hydrogen-bond donors (Lipinski definition) is 3. The molecule has 1 aliphatic rings. The van der Waals surface area contributed by atoms with Crippen molar-refractivity contribution in [2.24, 2.45) is 0 Å². The van der Waals surface area contributed by atoms with E-state index >= 15 is 0 Å². The zero-order valence-corrected chi connectivity index (χ0v) is 22.5. The number of hydrogen-bond acceptors (Lipinski definition) is 9. The third-order valence-corrected chi connectivity index (χ3v) is 6.16. The van der Waals surface area contributed by atoms with E-state index in [-0.39, 0.29) is 31.1 Å². The first kappa shape index (κ1) is 28.9. The number of aromatic nitrogens is 2. The summed E-state index contributed by atoms with van der Waals surface area (Å²) >= 11 is 0. The molecule has 2 heterocycles. The summed E-state index contributed by atoms with van der Waals surface area (Å²) in [5.41, 5.74) is 2.70. The van der Waals surface area contributed by atoms with E-state index in [0.29, 0.717) is 12.8 Å². The van der Waals surface area contributed by atoms with Crippen molar-refractivity contribution in [2.45, 2.75) is 104 Å². The summed E-state index contributed by atoms with van der Waals surface area (Å²) in [7, 11) is 0. The van der Waals surface area contributed by atoms with Gasteiger partial charge in [0.2, 0.25) is 12.2 Å². The molecule has 2 aromatic rings. The summed E-state index contributed by atoms with van der Waals surface area (Å²) in [5.74, 6) is 0.597. The topological polar surface area (TPSA) is 132 Å². The molecule has 1 aromatic carbocycles. The standard InChI is InChI=1S/C27H40N2O8/c1-7-8-22(30)34-14-21-23(31)24(32)25(33)27(36-21)37-26-20(17(6)29(28-26)15(2)3)13-18-9-11-19(12-10-18)35-16(4)5/h9-12,15-16,21,23-25,27,31-33H,7-8,13-14H2,1-6H3/t21-,23-,24+,25-,27+/m1/s1. The summed E-state index contributed by atoms with van der Waals surface area (Å²) in [6.45, 7) is 11.5. The lowest BCUT2D eigenvalue weighted by atomic mass is 9.99. The Balaban J connectivity index is 1.82. The summed E-state index contributed by atoms with van der Waals surface area (Å²) in [6.07, 6.45) is -5.53. The molecular formula is C27H40N2O8. The predicted octanol–water partition coefficient (Wildman–Crippen LogP) is 2.68. The number of carbonyl (C=O) groups is 1. The van der Waals surface area contributed by atoms with Crippen LogP contribution in [0.2, 0.25) is 0 Å². The molecule has 1 aromatic heterocycles. The molecule has 10 heteroatoms. The maximum Gasteiger partial charge on any atom is 0.305 e. The Bertz CT molecular complexity index is 1020. The van der Waals surface area contributed by atoms with Gasteiger partial charge in [-0.15, -0.1) is 5.10 Å². The van der Waals surface area contributed by atoms with Crippen LogP contribution in [0.5, 0.6) is 11.6 Å². The minimum absolute atomic E-state index is 0.0493. The van der Waals surface area contributed by atoms with E-state index in [1.54, 1.807) is 0 Å². The van der Waals surface area contributed by atoms with Gasteiger partial charge in [-0.3, -0.25) is 9.48 Å². The van der Waals surface area contributed by atoms with Gasteiger partial charge < -0.3 is 34.3 Å². The molecule has 5 atom stereocenters. The van der Waals surface area contributed by atoms with Gasteiger partial charge in [-0.25, -0.2) is 0 Å². The average molecular weight is 521 g/mol. The second-order valence-electron chi connectivity index (χ2n) is 9.96.